The van der Waals surface area contributed by atoms with E-state index in [1.807, 2.05) is 11.0 Å². The Balaban J connectivity index is 1.55. The van der Waals surface area contributed by atoms with Crippen molar-refractivity contribution in [3.8, 4) is 0 Å². The van der Waals surface area contributed by atoms with E-state index in [1.165, 1.54) is 19.3 Å². The van der Waals surface area contributed by atoms with E-state index < -0.39 is 0 Å². The summed E-state index contributed by atoms with van der Waals surface area (Å²) in [5.74, 6) is 0.0531. The molecule has 1 saturated heterocycles. The van der Waals surface area contributed by atoms with Gasteiger partial charge in [0.15, 0.2) is 0 Å². The molecule has 6 nitrogen and oxygen atoms in total. The molecule has 0 bridgehead atoms. The lowest BCUT2D eigenvalue weighted by Crippen LogP contribution is -2.48. The van der Waals surface area contributed by atoms with Crippen LogP contribution in [0, 0.1) is 0 Å². The Hall–Kier alpha value is -2.11. The molecular weight excluding hydrogens is 304 g/mol. The highest BCUT2D eigenvalue weighted by atomic mass is 16.2. The van der Waals surface area contributed by atoms with Crippen LogP contribution in [0.2, 0.25) is 0 Å². The first-order chi connectivity index (χ1) is 11.6. The summed E-state index contributed by atoms with van der Waals surface area (Å²) in [5.41, 5.74) is 1.49. The number of piperazine rings is 1. The Kier molecular flexibility index (Phi) is 5.33. The van der Waals surface area contributed by atoms with Crippen molar-refractivity contribution in [3.63, 3.8) is 0 Å². The average Bonchev–Trinajstić information content (AvgIpc) is 2.63. The van der Waals surface area contributed by atoms with Crippen molar-refractivity contribution in [3.05, 3.63) is 24.0 Å². The highest BCUT2D eigenvalue weighted by molar-refractivity contribution is 5.92. The van der Waals surface area contributed by atoms with Crippen molar-refractivity contribution < 1.29 is 9.59 Å². The van der Waals surface area contributed by atoms with Gasteiger partial charge in [-0.2, -0.15) is 0 Å². The summed E-state index contributed by atoms with van der Waals surface area (Å²) in [4.78, 5) is 32.1. The third-order valence-corrected chi connectivity index (χ3v) is 5.01. The second-order valence-electron chi connectivity index (χ2n) is 6.70. The summed E-state index contributed by atoms with van der Waals surface area (Å²) < 4.78 is 0. The Morgan fingerprint density at radius 3 is 2.38 bits per heavy atom. The zero-order chi connectivity index (χ0) is 16.9. The topological polar surface area (TPSA) is 65.5 Å². The van der Waals surface area contributed by atoms with E-state index in [1.54, 1.807) is 19.2 Å². The normalized spacial score (nSPS) is 19.2. The molecule has 1 aliphatic carbocycles. The number of nitrogens with one attached hydrogen (secondary N) is 1. The van der Waals surface area contributed by atoms with Crippen LogP contribution in [0.25, 0.3) is 0 Å². The molecule has 0 radical (unpaired) electrons. The Labute approximate surface area is 143 Å². The van der Waals surface area contributed by atoms with E-state index in [2.05, 4.69) is 15.2 Å². The second kappa shape index (κ2) is 7.64. The summed E-state index contributed by atoms with van der Waals surface area (Å²) in [5, 5.41) is 3.09. The number of rotatable bonds is 3. The van der Waals surface area contributed by atoms with Gasteiger partial charge in [-0.15, -0.1) is 0 Å². The van der Waals surface area contributed by atoms with E-state index >= 15 is 0 Å². The number of carbonyl (C=O) groups excluding carboxylic acids is 2. The number of amides is 2. The van der Waals surface area contributed by atoms with Gasteiger partial charge in [0.25, 0.3) is 5.91 Å². The van der Waals surface area contributed by atoms with Crippen LogP contribution in [-0.2, 0) is 4.79 Å². The number of pyridine rings is 1. The molecule has 2 fully saturated rings. The lowest BCUT2D eigenvalue weighted by atomic mass is 9.95. The average molecular weight is 330 g/mol. The number of hydrogen-bond donors (Lipinski definition) is 1. The minimum absolute atomic E-state index is 0.0742. The number of aromatic nitrogens is 1. The zero-order valence-corrected chi connectivity index (χ0v) is 14.3. The highest BCUT2D eigenvalue weighted by Gasteiger charge is 2.20. The van der Waals surface area contributed by atoms with E-state index in [0.29, 0.717) is 11.7 Å². The summed E-state index contributed by atoms with van der Waals surface area (Å²) in [6, 6.07) is 4.05. The molecule has 0 aromatic carbocycles. The fraction of sp³-hybridized carbons (Fsp3) is 0.611. The monoisotopic (exact) mass is 330 g/mol. The Morgan fingerprint density at radius 2 is 1.79 bits per heavy atom. The van der Waals surface area contributed by atoms with Crippen LogP contribution in [-0.4, -0.2) is 53.9 Å². The third kappa shape index (κ3) is 4.04. The SMILES string of the molecule is CC(=O)N1CCN(c2ccc(C(=O)NC3CCCCC3)nc2)CC1. The lowest BCUT2D eigenvalue weighted by molar-refractivity contribution is -0.129. The molecule has 0 unspecified atom stereocenters. The molecule has 1 aromatic rings. The van der Waals surface area contributed by atoms with Gasteiger partial charge in [-0.25, -0.2) is 4.98 Å². The minimum Gasteiger partial charge on any atom is -0.367 e. The van der Waals surface area contributed by atoms with Gasteiger partial charge >= 0.3 is 0 Å². The van der Waals surface area contributed by atoms with Gasteiger partial charge in [-0.05, 0) is 25.0 Å². The molecule has 2 aliphatic rings. The van der Waals surface area contributed by atoms with Crippen molar-refractivity contribution >= 4 is 17.5 Å². The predicted molar refractivity (Wildman–Crippen MR) is 93.0 cm³/mol. The smallest absolute Gasteiger partial charge is 0.270 e. The predicted octanol–water partition coefficient (Wildman–Crippen LogP) is 1.81. The van der Waals surface area contributed by atoms with Crippen LogP contribution < -0.4 is 10.2 Å². The van der Waals surface area contributed by atoms with Gasteiger partial charge in [0, 0.05) is 39.1 Å². The summed E-state index contributed by atoms with van der Waals surface area (Å²) >= 11 is 0. The molecule has 130 valence electrons. The van der Waals surface area contributed by atoms with Gasteiger partial charge in [0.05, 0.1) is 11.9 Å². The van der Waals surface area contributed by atoms with Crippen LogP contribution in [0.5, 0.6) is 0 Å². The number of hydrogen-bond acceptors (Lipinski definition) is 4. The highest BCUT2D eigenvalue weighted by Crippen LogP contribution is 2.19. The van der Waals surface area contributed by atoms with Gasteiger partial charge in [0.1, 0.15) is 5.69 Å². The van der Waals surface area contributed by atoms with Crippen molar-refractivity contribution in [2.45, 2.75) is 45.1 Å². The minimum atomic E-state index is -0.0742. The van der Waals surface area contributed by atoms with Gasteiger partial charge in [-0.3, -0.25) is 9.59 Å². The summed E-state index contributed by atoms with van der Waals surface area (Å²) in [6.45, 7) is 4.68. The molecule has 2 heterocycles. The van der Waals surface area contributed by atoms with Crippen LogP contribution in [0.1, 0.15) is 49.5 Å². The third-order valence-electron chi connectivity index (χ3n) is 5.01. The van der Waals surface area contributed by atoms with Crippen LogP contribution in [0.15, 0.2) is 18.3 Å². The fourth-order valence-electron chi connectivity index (χ4n) is 3.49. The Bertz CT molecular complexity index is 573. The van der Waals surface area contributed by atoms with Gasteiger partial charge in [-0.1, -0.05) is 19.3 Å². The van der Waals surface area contributed by atoms with E-state index in [4.69, 9.17) is 0 Å². The van der Waals surface area contributed by atoms with E-state index in [9.17, 15) is 9.59 Å². The molecule has 6 heteroatoms. The fourth-order valence-corrected chi connectivity index (χ4v) is 3.49. The molecule has 2 amide bonds. The van der Waals surface area contributed by atoms with Crippen molar-refractivity contribution in [1.29, 1.82) is 0 Å². The maximum absolute atomic E-state index is 12.3. The molecule has 1 saturated carbocycles. The van der Waals surface area contributed by atoms with Gasteiger partial charge < -0.3 is 15.1 Å². The van der Waals surface area contributed by atoms with Crippen molar-refractivity contribution in [2.75, 3.05) is 31.1 Å². The molecule has 3 rings (SSSR count). The quantitative estimate of drug-likeness (QED) is 0.918. The first kappa shape index (κ1) is 16.7. The van der Waals surface area contributed by atoms with Crippen LogP contribution in [0.4, 0.5) is 5.69 Å². The van der Waals surface area contributed by atoms with E-state index in [0.717, 1.165) is 44.7 Å². The first-order valence-corrected chi connectivity index (χ1v) is 8.91. The number of carbonyl (C=O) groups is 2. The number of nitrogens with zero attached hydrogens (tertiary/aromatic N) is 3. The maximum Gasteiger partial charge on any atom is 0.270 e. The van der Waals surface area contributed by atoms with E-state index in [-0.39, 0.29) is 11.8 Å². The zero-order valence-electron chi connectivity index (χ0n) is 14.3. The largest absolute Gasteiger partial charge is 0.367 e. The molecule has 0 spiro atoms. The maximum atomic E-state index is 12.3. The second-order valence-corrected chi connectivity index (χ2v) is 6.70. The molecular formula is C18H26N4O2. The molecule has 1 aliphatic heterocycles. The lowest BCUT2D eigenvalue weighted by Gasteiger charge is -2.35. The molecule has 24 heavy (non-hydrogen) atoms. The molecule has 0 atom stereocenters. The van der Waals surface area contributed by atoms with Crippen molar-refractivity contribution in [1.82, 2.24) is 15.2 Å². The molecule has 1 aromatic heterocycles. The number of anilines is 1. The van der Waals surface area contributed by atoms with Crippen molar-refractivity contribution in [2.24, 2.45) is 0 Å². The Morgan fingerprint density at radius 1 is 1.08 bits per heavy atom. The van der Waals surface area contributed by atoms with Crippen LogP contribution >= 0.6 is 0 Å². The summed E-state index contributed by atoms with van der Waals surface area (Å²) in [7, 11) is 0. The standard InChI is InChI=1S/C18H26N4O2/c1-14(23)21-9-11-22(12-10-21)16-7-8-17(19-13-16)18(24)20-15-5-3-2-4-6-15/h7-8,13,15H,2-6,9-12H2,1H3,(H,20,24). The van der Waals surface area contributed by atoms with Gasteiger partial charge in [0.2, 0.25) is 5.91 Å². The molecule has 1 N–H and O–H groups in total. The first-order valence-electron chi connectivity index (χ1n) is 8.91. The summed E-state index contributed by atoms with van der Waals surface area (Å²) in [6.07, 6.45) is 7.58. The van der Waals surface area contributed by atoms with Crippen LogP contribution in [0.3, 0.4) is 0 Å².